The number of nitrogens with zero attached hydrogens (tertiary/aromatic N) is 4. The molecule has 0 atom stereocenters. The molecule has 1 amide bonds. The molecule has 0 aliphatic rings. The first-order valence-electron chi connectivity index (χ1n) is 10.0. The molecule has 0 unspecified atom stereocenters. The van der Waals surface area contributed by atoms with Gasteiger partial charge in [0.1, 0.15) is 11.5 Å². The van der Waals surface area contributed by atoms with Crippen LogP contribution >= 0.6 is 11.3 Å². The zero-order valence-corrected chi connectivity index (χ0v) is 18.8. The van der Waals surface area contributed by atoms with Crippen LogP contribution in [0.4, 0.5) is 11.5 Å². The Morgan fingerprint density at radius 1 is 1.24 bits per heavy atom. The fraction of sp³-hybridized carbons (Fsp3) is 0.182. The molecular formula is C22H20N6O4S. The van der Waals surface area contributed by atoms with Gasteiger partial charge in [0.15, 0.2) is 0 Å². The van der Waals surface area contributed by atoms with Crippen molar-refractivity contribution in [2.24, 2.45) is 0 Å². The van der Waals surface area contributed by atoms with Crippen molar-refractivity contribution in [2.75, 3.05) is 5.32 Å². The Morgan fingerprint density at radius 3 is 2.70 bits per heavy atom. The fourth-order valence-corrected chi connectivity index (χ4v) is 3.85. The summed E-state index contributed by atoms with van der Waals surface area (Å²) in [5.74, 6) is -0.140. The minimum atomic E-state index is -0.556. The van der Waals surface area contributed by atoms with Crippen molar-refractivity contribution >= 4 is 28.7 Å². The third-order valence-electron chi connectivity index (χ3n) is 4.93. The van der Waals surface area contributed by atoms with Crippen molar-refractivity contribution < 1.29 is 9.72 Å². The molecule has 0 saturated carbocycles. The Labute approximate surface area is 192 Å². The van der Waals surface area contributed by atoms with E-state index in [1.807, 2.05) is 31.4 Å². The van der Waals surface area contributed by atoms with Crippen LogP contribution in [-0.4, -0.2) is 30.6 Å². The summed E-state index contributed by atoms with van der Waals surface area (Å²) < 4.78 is 1.35. The topological polar surface area (TPSA) is 136 Å². The van der Waals surface area contributed by atoms with Gasteiger partial charge >= 0.3 is 0 Å². The van der Waals surface area contributed by atoms with Gasteiger partial charge in [-0.2, -0.15) is 9.78 Å². The molecule has 0 aliphatic carbocycles. The van der Waals surface area contributed by atoms with Crippen molar-refractivity contribution in [3.8, 4) is 16.5 Å². The highest BCUT2D eigenvalue weighted by Gasteiger charge is 2.20. The molecule has 0 fully saturated rings. The van der Waals surface area contributed by atoms with Crippen molar-refractivity contribution in [2.45, 2.75) is 26.7 Å². The minimum Gasteiger partial charge on any atom is -0.306 e. The number of nitro groups is 1. The molecule has 10 nitrogen and oxygen atoms in total. The number of nitro benzene ring substituents is 1. The summed E-state index contributed by atoms with van der Waals surface area (Å²) in [5.41, 5.74) is 1.24. The Morgan fingerprint density at radius 2 is 2.03 bits per heavy atom. The van der Waals surface area contributed by atoms with Crippen LogP contribution in [0.25, 0.3) is 16.5 Å². The molecule has 11 heteroatoms. The Hall–Kier alpha value is -4.12. The van der Waals surface area contributed by atoms with Crippen LogP contribution in [0.5, 0.6) is 0 Å². The number of aromatic nitrogens is 4. The predicted molar refractivity (Wildman–Crippen MR) is 125 cm³/mol. The van der Waals surface area contributed by atoms with Crippen LogP contribution in [0.3, 0.4) is 0 Å². The van der Waals surface area contributed by atoms with Gasteiger partial charge in [0.05, 0.1) is 15.5 Å². The normalized spacial score (nSPS) is 11.0. The first-order chi connectivity index (χ1) is 15.7. The second kappa shape index (κ2) is 8.79. The third kappa shape index (κ3) is 4.58. The zero-order chi connectivity index (χ0) is 23.7. The van der Waals surface area contributed by atoms with Gasteiger partial charge in [-0.3, -0.25) is 24.7 Å². The third-order valence-corrected chi connectivity index (χ3v) is 5.83. The van der Waals surface area contributed by atoms with E-state index >= 15 is 0 Å². The van der Waals surface area contributed by atoms with E-state index in [9.17, 15) is 19.7 Å². The van der Waals surface area contributed by atoms with Crippen LogP contribution < -0.4 is 10.9 Å². The summed E-state index contributed by atoms with van der Waals surface area (Å²) in [4.78, 5) is 43.9. The van der Waals surface area contributed by atoms with Gasteiger partial charge in [-0.05, 0) is 30.4 Å². The van der Waals surface area contributed by atoms with Crippen LogP contribution in [-0.2, 0) is 0 Å². The number of rotatable bonds is 6. The fourth-order valence-electron chi connectivity index (χ4n) is 3.17. The second-order valence-electron chi connectivity index (χ2n) is 7.66. The Balaban J connectivity index is 1.78. The number of carbonyl (C=O) groups excluding carboxylic acids is 1. The SMILES string of the molecule is Cc1ccc(C(=O)Nc2cc(-c3cccs3)nn2-c2nc(C(C)C)cc(=O)[nH]2)cc1[N+](=O)[O-]. The van der Waals surface area contributed by atoms with E-state index in [4.69, 9.17) is 0 Å². The van der Waals surface area contributed by atoms with Crippen LogP contribution in [0.1, 0.15) is 41.4 Å². The van der Waals surface area contributed by atoms with E-state index < -0.39 is 10.8 Å². The number of aromatic amines is 1. The first-order valence-corrected chi connectivity index (χ1v) is 10.9. The lowest BCUT2D eigenvalue weighted by Crippen LogP contribution is -2.19. The van der Waals surface area contributed by atoms with Crippen molar-refractivity contribution in [1.82, 2.24) is 19.7 Å². The largest absolute Gasteiger partial charge is 0.306 e. The van der Waals surface area contributed by atoms with Gasteiger partial charge in [-0.25, -0.2) is 4.98 Å². The second-order valence-corrected chi connectivity index (χ2v) is 8.61. The summed E-state index contributed by atoms with van der Waals surface area (Å²) in [6.45, 7) is 5.43. The summed E-state index contributed by atoms with van der Waals surface area (Å²) >= 11 is 1.47. The molecule has 2 N–H and O–H groups in total. The van der Waals surface area contributed by atoms with Crippen molar-refractivity contribution in [1.29, 1.82) is 0 Å². The maximum absolute atomic E-state index is 13.0. The smallest absolute Gasteiger partial charge is 0.273 e. The number of carbonyl (C=O) groups is 1. The average molecular weight is 465 g/mol. The van der Waals surface area contributed by atoms with E-state index in [1.165, 1.54) is 40.3 Å². The molecular weight excluding hydrogens is 444 g/mol. The lowest BCUT2D eigenvalue weighted by Gasteiger charge is -2.10. The monoisotopic (exact) mass is 464 g/mol. The number of benzene rings is 1. The minimum absolute atomic E-state index is 0.00419. The van der Waals surface area contributed by atoms with Gasteiger partial charge in [0, 0.05) is 29.3 Å². The van der Waals surface area contributed by atoms with Gasteiger partial charge in [0.2, 0.25) is 5.95 Å². The molecule has 0 radical (unpaired) electrons. The summed E-state index contributed by atoms with van der Waals surface area (Å²) in [5, 5.41) is 20.5. The maximum Gasteiger partial charge on any atom is 0.273 e. The first kappa shape index (κ1) is 22.1. The number of nitrogens with one attached hydrogen (secondary N) is 2. The lowest BCUT2D eigenvalue weighted by molar-refractivity contribution is -0.385. The maximum atomic E-state index is 13.0. The molecule has 3 heterocycles. The van der Waals surface area contributed by atoms with Gasteiger partial charge < -0.3 is 5.32 Å². The molecule has 0 spiro atoms. The molecule has 0 bridgehead atoms. The van der Waals surface area contributed by atoms with Crippen LogP contribution in [0.2, 0.25) is 0 Å². The molecule has 1 aromatic carbocycles. The number of hydrogen-bond acceptors (Lipinski definition) is 7. The quantitative estimate of drug-likeness (QED) is 0.323. The molecule has 0 aliphatic heterocycles. The Kier molecular flexibility index (Phi) is 5.88. The summed E-state index contributed by atoms with van der Waals surface area (Å²) in [6.07, 6.45) is 0. The summed E-state index contributed by atoms with van der Waals surface area (Å²) in [7, 11) is 0. The molecule has 33 heavy (non-hydrogen) atoms. The summed E-state index contributed by atoms with van der Waals surface area (Å²) in [6, 6.07) is 11.1. The van der Waals surface area contributed by atoms with E-state index in [2.05, 4.69) is 20.4 Å². The molecule has 4 rings (SSSR count). The van der Waals surface area contributed by atoms with Crippen molar-refractivity contribution in [3.05, 3.63) is 85.1 Å². The standard InChI is InChI=1S/C22H20N6O4S/c1-12(2)15-11-20(29)25-22(23-15)27-19(10-16(26-27)18-5-4-8-33-18)24-21(30)14-7-6-13(3)17(9-14)28(31)32/h4-12H,1-3H3,(H,24,30)(H,23,25,29). The predicted octanol–water partition coefficient (Wildman–Crippen LogP) is 4.28. The van der Waals surface area contributed by atoms with Gasteiger partial charge in [-0.1, -0.05) is 26.0 Å². The highest BCUT2D eigenvalue weighted by atomic mass is 32.1. The number of thiophene rings is 1. The van der Waals surface area contributed by atoms with Crippen LogP contribution in [0.15, 0.2) is 52.6 Å². The van der Waals surface area contributed by atoms with E-state index in [0.29, 0.717) is 17.0 Å². The lowest BCUT2D eigenvalue weighted by atomic mass is 10.1. The van der Waals surface area contributed by atoms with E-state index in [-0.39, 0.29) is 34.5 Å². The average Bonchev–Trinajstić information content (AvgIpc) is 3.43. The molecule has 168 valence electrons. The Bertz CT molecular complexity index is 1400. The number of amides is 1. The number of H-pyrrole nitrogens is 1. The van der Waals surface area contributed by atoms with Crippen LogP contribution in [0, 0.1) is 17.0 Å². The number of aryl methyl sites for hydroxylation is 1. The molecule has 3 aromatic heterocycles. The van der Waals surface area contributed by atoms with Gasteiger partial charge in [-0.15, -0.1) is 11.3 Å². The highest BCUT2D eigenvalue weighted by molar-refractivity contribution is 7.13. The zero-order valence-electron chi connectivity index (χ0n) is 18.0. The molecule has 0 saturated heterocycles. The van der Waals surface area contributed by atoms with Crippen molar-refractivity contribution in [3.63, 3.8) is 0 Å². The number of hydrogen-bond donors (Lipinski definition) is 2. The highest BCUT2D eigenvalue weighted by Crippen LogP contribution is 2.28. The van der Waals surface area contributed by atoms with Gasteiger partial charge in [0.25, 0.3) is 17.2 Å². The molecule has 4 aromatic rings. The van der Waals surface area contributed by atoms with E-state index in [0.717, 1.165) is 4.88 Å². The van der Waals surface area contributed by atoms with E-state index in [1.54, 1.807) is 13.0 Å². The number of anilines is 1.